The second-order valence-electron chi connectivity index (χ2n) is 2.31. The molecule has 0 aliphatic carbocycles. The van der Waals surface area contributed by atoms with Crippen LogP contribution in [0.2, 0.25) is 0 Å². The Labute approximate surface area is 71.3 Å². The third-order valence-corrected chi connectivity index (χ3v) is 1.19. The average molecular weight is 233 g/mol. The van der Waals surface area contributed by atoms with Crippen LogP contribution in [0.1, 0.15) is 0 Å². The first-order valence-electron chi connectivity index (χ1n) is 2.77. The summed E-state index contributed by atoms with van der Waals surface area (Å²) in [5, 5.41) is 7.29. The first-order valence-corrected chi connectivity index (χ1v) is 2.77. The number of alkyl halides is 8. The van der Waals surface area contributed by atoms with Crippen molar-refractivity contribution in [3.8, 4) is 0 Å². The molecule has 0 saturated carbocycles. The van der Waals surface area contributed by atoms with Crippen molar-refractivity contribution in [1.82, 2.24) is 0 Å². The molecule has 0 fully saturated rings. The molecule has 0 amide bonds. The Morgan fingerprint density at radius 3 is 1.07 bits per heavy atom. The maximum Gasteiger partial charge on any atom is 0.423 e. The van der Waals surface area contributed by atoms with E-state index in [1.807, 2.05) is 0 Å². The van der Waals surface area contributed by atoms with Crippen molar-refractivity contribution < 1.29 is 40.2 Å². The Hall–Kier alpha value is -0.640. The number of nitrogens with two attached hydrogens (primary N) is 1. The molecule has 2 nitrogen and oxygen atoms in total. The molecule has 0 aliphatic rings. The van der Waals surface area contributed by atoms with E-state index in [1.54, 1.807) is 0 Å². The molecule has 0 atom stereocenters. The third kappa shape index (κ3) is 1.75. The van der Waals surface area contributed by atoms with Gasteiger partial charge in [-0.25, -0.2) is 0 Å². The van der Waals surface area contributed by atoms with Crippen LogP contribution < -0.4 is 5.73 Å². The minimum absolute atomic E-state index is 3.29. The van der Waals surface area contributed by atoms with Gasteiger partial charge in [-0.15, -0.1) is 0 Å². The Morgan fingerprint density at radius 1 is 0.714 bits per heavy atom. The number of hydrogen-bond acceptors (Lipinski definition) is 2. The lowest BCUT2D eigenvalue weighted by atomic mass is 10.1. The Morgan fingerprint density at radius 2 is 1.00 bits per heavy atom. The van der Waals surface area contributed by atoms with Gasteiger partial charge in [0.2, 0.25) is 0 Å². The number of halogens is 8. The number of rotatable bonds is 3. The predicted molar refractivity (Wildman–Crippen MR) is 26.2 cm³/mol. The average Bonchev–Trinajstić information content (AvgIpc) is 1.81. The second kappa shape index (κ2) is 2.92. The van der Waals surface area contributed by atoms with Crippen LogP contribution in [0.15, 0.2) is 0 Å². The molecule has 0 aromatic heterocycles. The van der Waals surface area contributed by atoms with Crippen molar-refractivity contribution in [2.45, 2.75) is 24.0 Å². The molecule has 10 heteroatoms. The van der Waals surface area contributed by atoms with Gasteiger partial charge in [-0.1, -0.05) is 0 Å². The van der Waals surface area contributed by atoms with E-state index < -0.39 is 24.0 Å². The van der Waals surface area contributed by atoms with Crippen LogP contribution >= 0.6 is 0 Å². The monoisotopic (exact) mass is 233 g/mol. The minimum Gasteiger partial charge on any atom is -0.331 e. The van der Waals surface area contributed by atoms with Gasteiger partial charge in [0, 0.05) is 0 Å². The smallest absolute Gasteiger partial charge is 0.331 e. The molecular formula is C4H3F8NO. The zero-order valence-corrected chi connectivity index (χ0v) is 6.05. The van der Waals surface area contributed by atoms with Gasteiger partial charge in [-0.3, -0.25) is 5.73 Å². The molecule has 0 spiro atoms. The van der Waals surface area contributed by atoms with Crippen molar-refractivity contribution >= 4 is 0 Å². The van der Waals surface area contributed by atoms with Crippen LogP contribution in [0.4, 0.5) is 35.1 Å². The zero-order chi connectivity index (χ0) is 12.0. The summed E-state index contributed by atoms with van der Waals surface area (Å²) in [4.78, 5) is 0. The van der Waals surface area contributed by atoms with Gasteiger partial charge in [0.05, 0.1) is 0 Å². The van der Waals surface area contributed by atoms with E-state index in [9.17, 15) is 35.1 Å². The van der Waals surface area contributed by atoms with Gasteiger partial charge in [-0.05, 0) is 0 Å². The highest BCUT2D eigenvalue weighted by Crippen LogP contribution is 2.49. The van der Waals surface area contributed by atoms with Crippen LogP contribution in [-0.4, -0.2) is 29.1 Å². The van der Waals surface area contributed by atoms with E-state index in [-0.39, 0.29) is 0 Å². The van der Waals surface area contributed by atoms with Gasteiger partial charge in [0.15, 0.2) is 0 Å². The molecule has 0 aliphatic heterocycles. The van der Waals surface area contributed by atoms with E-state index in [0.29, 0.717) is 0 Å². The van der Waals surface area contributed by atoms with Gasteiger partial charge < -0.3 is 5.11 Å². The van der Waals surface area contributed by atoms with E-state index in [2.05, 4.69) is 5.73 Å². The van der Waals surface area contributed by atoms with Crippen LogP contribution in [0.5, 0.6) is 0 Å². The maximum absolute atomic E-state index is 11.9. The molecule has 0 rings (SSSR count). The van der Waals surface area contributed by atoms with Crippen molar-refractivity contribution in [3.05, 3.63) is 0 Å². The summed E-state index contributed by atoms with van der Waals surface area (Å²) in [6, 6.07) is -5.89. The fourth-order valence-electron chi connectivity index (χ4n) is 0.398. The van der Waals surface area contributed by atoms with Gasteiger partial charge in [-0.2, -0.15) is 35.1 Å². The molecule has 0 bridgehead atoms. The van der Waals surface area contributed by atoms with Gasteiger partial charge in [0.25, 0.3) is 0 Å². The largest absolute Gasteiger partial charge is 0.423 e. The highest BCUT2D eigenvalue weighted by atomic mass is 19.4. The first kappa shape index (κ1) is 13.4. The number of hydrogen-bond donors (Lipinski definition) is 2. The Kier molecular flexibility index (Phi) is 2.79. The fraction of sp³-hybridized carbons (Fsp3) is 1.00. The molecule has 0 unspecified atom stereocenters. The van der Waals surface area contributed by atoms with Crippen LogP contribution in [0, 0.1) is 0 Å². The lowest BCUT2D eigenvalue weighted by Gasteiger charge is -2.32. The molecule has 86 valence electrons. The molecule has 0 radical (unpaired) electrons. The van der Waals surface area contributed by atoms with Gasteiger partial charge in [0.1, 0.15) is 0 Å². The third-order valence-electron chi connectivity index (χ3n) is 1.19. The second-order valence-corrected chi connectivity index (χ2v) is 2.31. The lowest BCUT2D eigenvalue weighted by Crippen LogP contribution is -2.65. The van der Waals surface area contributed by atoms with Crippen molar-refractivity contribution in [2.75, 3.05) is 0 Å². The fourth-order valence-corrected chi connectivity index (χ4v) is 0.398. The van der Waals surface area contributed by atoms with Crippen LogP contribution in [-0.2, 0) is 0 Å². The van der Waals surface area contributed by atoms with Crippen molar-refractivity contribution in [2.24, 2.45) is 5.73 Å². The maximum atomic E-state index is 11.9. The number of aliphatic hydroxyl groups is 1. The van der Waals surface area contributed by atoms with E-state index in [4.69, 9.17) is 5.11 Å². The summed E-state index contributed by atoms with van der Waals surface area (Å²) in [5.74, 6) is -13.2. The molecular weight excluding hydrogens is 230 g/mol. The molecule has 14 heavy (non-hydrogen) atoms. The summed E-state index contributed by atoms with van der Waals surface area (Å²) in [6.07, 6.45) is -6.31. The summed E-state index contributed by atoms with van der Waals surface area (Å²) in [5.41, 5.74) is 3.29. The molecule has 3 N–H and O–H groups in total. The summed E-state index contributed by atoms with van der Waals surface area (Å²) in [6.45, 7) is 0. The normalized spacial score (nSPS) is 15.9. The highest BCUT2D eigenvalue weighted by molar-refractivity contribution is 4.97. The predicted octanol–water partition coefficient (Wildman–Crippen LogP) is 1.39. The van der Waals surface area contributed by atoms with Crippen LogP contribution in [0.25, 0.3) is 0 Å². The summed E-state index contributed by atoms with van der Waals surface area (Å²) >= 11 is 0. The molecule has 0 heterocycles. The Balaban J connectivity index is 5.30. The topological polar surface area (TPSA) is 46.2 Å². The van der Waals surface area contributed by atoms with Crippen molar-refractivity contribution in [3.63, 3.8) is 0 Å². The molecule has 0 aromatic rings. The lowest BCUT2D eigenvalue weighted by molar-refractivity contribution is -0.416. The standard InChI is InChI=1S/C4H3F8NO/c5-1(6,3(9,10)13)2(7,8)4(11,12)14/h14H,13H2. The van der Waals surface area contributed by atoms with Gasteiger partial charge >= 0.3 is 24.0 Å². The first-order chi connectivity index (χ1) is 5.75. The summed E-state index contributed by atoms with van der Waals surface area (Å²) in [7, 11) is 0. The highest BCUT2D eigenvalue weighted by Gasteiger charge is 2.80. The molecule has 0 saturated heterocycles. The van der Waals surface area contributed by atoms with E-state index in [1.165, 1.54) is 0 Å². The zero-order valence-electron chi connectivity index (χ0n) is 6.05. The molecule has 0 aromatic carbocycles. The quantitative estimate of drug-likeness (QED) is 0.571. The van der Waals surface area contributed by atoms with E-state index >= 15 is 0 Å². The van der Waals surface area contributed by atoms with E-state index in [0.717, 1.165) is 0 Å². The SMILES string of the molecule is NC(F)(F)C(F)(F)C(F)(F)C(O)(F)F. The summed E-state index contributed by atoms with van der Waals surface area (Å²) < 4.78 is 93.9. The van der Waals surface area contributed by atoms with Crippen LogP contribution in [0.3, 0.4) is 0 Å². The minimum atomic E-state index is -6.67. The van der Waals surface area contributed by atoms with Crippen molar-refractivity contribution in [1.29, 1.82) is 0 Å². The Bertz CT molecular complexity index is 190.